The molecule has 8 heteroatoms. The van der Waals surface area contributed by atoms with Crippen LogP contribution in [0, 0.1) is 11.8 Å². The highest BCUT2D eigenvalue weighted by molar-refractivity contribution is 7.89. The van der Waals surface area contributed by atoms with E-state index in [9.17, 15) is 13.2 Å². The van der Waals surface area contributed by atoms with Gasteiger partial charge in [-0.05, 0) is 12.1 Å². The van der Waals surface area contributed by atoms with Gasteiger partial charge in [-0.2, -0.15) is 4.31 Å². The van der Waals surface area contributed by atoms with Crippen molar-refractivity contribution in [1.29, 1.82) is 0 Å². The summed E-state index contributed by atoms with van der Waals surface area (Å²) in [5.74, 6) is -0.280. The number of carbonyl (C=O) groups is 1. The number of hydrogen-bond acceptors (Lipinski definition) is 5. The molecule has 1 saturated heterocycles. The van der Waals surface area contributed by atoms with Crippen molar-refractivity contribution >= 4 is 15.9 Å². The van der Waals surface area contributed by atoms with Gasteiger partial charge in [0.2, 0.25) is 15.9 Å². The number of amides is 1. The molecule has 0 saturated carbocycles. The number of methoxy groups -OCH3 is 2. The van der Waals surface area contributed by atoms with Crippen LogP contribution in [-0.4, -0.2) is 59.6 Å². The van der Waals surface area contributed by atoms with Gasteiger partial charge in [0.1, 0.15) is 5.75 Å². The van der Waals surface area contributed by atoms with Crippen LogP contribution in [0.5, 0.6) is 5.75 Å². The molecule has 7 nitrogen and oxygen atoms in total. The number of nitrogens with one attached hydrogen (secondary N) is 1. The standard InChI is InChI=1S/C15H22N2O5S/c1-16-15(18)14-9-17(8-11(14)10-21-2)23(19,20)13-6-4-5-12(7-13)22-3/h4-7,11,14H,8-10H2,1-3H3,(H,16,18). The molecule has 1 amide bonds. The molecule has 0 aromatic heterocycles. The lowest BCUT2D eigenvalue weighted by atomic mass is 9.96. The summed E-state index contributed by atoms with van der Waals surface area (Å²) in [6, 6.07) is 6.32. The number of nitrogens with zero attached hydrogens (tertiary/aromatic N) is 1. The van der Waals surface area contributed by atoms with Gasteiger partial charge < -0.3 is 14.8 Å². The second-order valence-corrected chi connectivity index (χ2v) is 7.38. The smallest absolute Gasteiger partial charge is 0.243 e. The maximum Gasteiger partial charge on any atom is 0.243 e. The number of hydrogen-bond donors (Lipinski definition) is 1. The number of ether oxygens (including phenoxy) is 2. The minimum atomic E-state index is -3.68. The minimum absolute atomic E-state index is 0.146. The first-order valence-corrected chi connectivity index (χ1v) is 8.72. The molecule has 2 atom stereocenters. The van der Waals surface area contributed by atoms with Gasteiger partial charge in [0.15, 0.2) is 0 Å². The third kappa shape index (κ3) is 3.65. The second-order valence-electron chi connectivity index (χ2n) is 5.44. The van der Waals surface area contributed by atoms with Crippen LogP contribution in [0.15, 0.2) is 29.2 Å². The maximum absolute atomic E-state index is 12.8. The molecule has 1 heterocycles. The molecule has 1 aliphatic heterocycles. The largest absolute Gasteiger partial charge is 0.497 e. The van der Waals surface area contributed by atoms with Crippen LogP contribution in [0.1, 0.15) is 0 Å². The lowest BCUT2D eigenvalue weighted by Gasteiger charge is -2.16. The van der Waals surface area contributed by atoms with Gasteiger partial charge in [0.05, 0.1) is 24.5 Å². The van der Waals surface area contributed by atoms with Crippen molar-refractivity contribution in [2.75, 3.05) is 41.0 Å². The summed E-state index contributed by atoms with van der Waals surface area (Å²) in [5.41, 5.74) is 0. The van der Waals surface area contributed by atoms with Crippen LogP contribution >= 0.6 is 0 Å². The summed E-state index contributed by atoms with van der Waals surface area (Å²) < 4.78 is 37.2. The van der Waals surface area contributed by atoms with Crippen molar-refractivity contribution in [1.82, 2.24) is 9.62 Å². The van der Waals surface area contributed by atoms with Crippen molar-refractivity contribution < 1.29 is 22.7 Å². The Labute approximate surface area is 136 Å². The van der Waals surface area contributed by atoms with E-state index in [-0.39, 0.29) is 29.8 Å². The van der Waals surface area contributed by atoms with Crippen molar-refractivity contribution in [3.8, 4) is 5.75 Å². The van der Waals surface area contributed by atoms with E-state index >= 15 is 0 Å². The van der Waals surface area contributed by atoms with E-state index in [1.165, 1.54) is 23.5 Å². The van der Waals surface area contributed by atoms with Gasteiger partial charge in [-0.25, -0.2) is 8.42 Å². The predicted molar refractivity (Wildman–Crippen MR) is 84.7 cm³/mol. The monoisotopic (exact) mass is 342 g/mol. The third-order valence-electron chi connectivity index (χ3n) is 4.05. The maximum atomic E-state index is 12.8. The summed E-state index contributed by atoms with van der Waals surface area (Å²) in [7, 11) is 0.893. The number of rotatable bonds is 6. The van der Waals surface area contributed by atoms with Gasteiger partial charge in [0.25, 0.3) is 0 Å². The number of sulfonamides is 1. The predicted octanol–water partition coefficient (Wildman–Crippen LogP) is 0.324. The molecule has 0 aliphatic carbocycles. The summed E-state index contributed by atoms with van der Waals surface area (Å²) in [6.45, 7) is 0.737. The van der Waals surface area contributed by atoms with Crippen LogP contribution in [0.4, 0.5) is 0 Å². The third-order valence-corrected chi connectivity index (χ3v) is 5.88. The Morgan fingerprint density at radius 1 is 1.35 bits per heavy atom. The minimum Gasteiger partial charge on any atom is -0.497 e. The SMILES string of the molecule is CNC(=O)C1CN(S(=O)(=O)c2cccc(OC)c2)CC1COC. The van der Waals surface area contributed by atoms with E-state index in [0.717, 1.165) is 0 Å². The first-order chi connectivity index (χ1) is 10.9. The zero-order chi connectivity index (χ0) is 17.0. The fourth-order valence-corrected chi connectivity index (χ4v) is 4.36. The van der Waals surface area contributed by atoms with Gasteiger partial charge in [-0.15, -0.1) is 0 Å². The molecule has 2 rings (SSSR count). The molecular weight excluding hydrogens is 320 g/mol. The van der Waals surface area contributed by atoms with Gasteiger partial charge in [-0.3, -0.25) is 4.79 Å². The lowest BCUT2D eigenvalue weighted by molar-refractivity contribution is -0.125. The first kappa shape index (κ1) is 17.7. The summed E-state index contributed by atoms with van der Waals surface area (Å²) in [6.07, 6.45) is 0. The van der Waals surface area contributed by atoms with E-state index in [0.29, 0.717) is 12.4 Å². The van der Waals surface area contributed by atoms with Gasteiger partial charge >= 0.3 is 0 Å². The Bertz CT molecular complexity index is 662. The Morgan fingerprint density at radius 2 is 2.09 bits per heavy atom. The Balaban J connectivity index is 2.28. The molecule has 1 fully saturated rings. The Kier molecular flexibility index (Phi) is 5.61. The highest BCUT2D eigenvalue weighted by Gasteiger charge is 2.42. The lowest BCUT2D eigenvalue weighted by Crippen LogP contribution is -2.34. The molecule has 0 bridgehead atoms. The van der Waals surface area contributed by atoms with Crippen molar-refractivity contribution in [3.63, 3.8) is 0 Å². The van der Waals surface area contributed by atoms with Crippen LogP contribution in [0.2, 0.25) is 0 Å². The topological polar surface area (TPSA) is 84.9 Å². The van der Waals surface area contributed by atoms with Crippen LogP contribution in [-0.2, 0) is 19.6 Å². The van der Waals surface area contributed by atoms with Crippen molar-refractivity contribution in [3.05, 3.63) is 24.3 Å². The molecular formula is C15H22N2O5S. The average Bonchev–Trinajstić information content (AvgIpc) is 2.99. The van der Waals surface area contributed by atoms with E-state index in [2.05, 4.69) is 5.32 Å². The second kappa shape index (κ2) is 7.29. The Morgan fingerprint density at radius 3 is 2.70 bits per heavy atom. The highest BCUT2D eigenvalue weighted by Crippen LogP contribution is 2.30. The average molecular weight is 342 g/mol. The molecule has 1 aliphatic rings. The van der Waals surface area contributed by atoms with Crippen molar-refractivity contribution in [2.45, 2.75) is 4.90 Å². The van der Waals surface area contributed by atoms with E-state index < -0.39 is 15.9 Å². The highest BCUT2D eigenvalue weighted by atomic mass is 32.2. The molecule has 23 heavy (non-hydrogen) atoms. The molecule has 1 aromatic carbocycles. The summed E-state index contributed by atoms with van der Waals surface area (Å²) >= 11 is 0. The molecule has 0 spiro atoms. The zero-order valence-corrected chi connectivity index (χ0v) is 14.3. The van der Waals surface area contributed by atoms with Gasteiger partial charge in [-0.1, -0.05) is 6.07 Å². The van der Waals surface area contributed by atoms with Gasteiger partial charge in [0, 0.05) is 39.2 Å². The van der Waals surface area contributed by atoms with Crippen LogP contribution in [0.25, 0.3) is 0 Å². The van der Waals surface area contributed by atoms with Crippen molar-refractivity contribution in [2.24, 2.45) is 11.8 Å². The van der Waals surface area contributed by atoms with E-state index in [1.54, 1.807) is 26.3 Å². The fourth-order valence-electron chi connectivity index (χ4n) is 2.80. The zero-order valence-electron chi connectivity index (χ0n) is 13.5. The molecule has 128 valence electrons. The molecule has 1 aromatic rings. The molecule has 2 unspecified atom stereocenters. The van der Waals surface area contributed by atoms with E-state index in [1.807, 2.05) is 0 Å². The van der Waals surface area contributed by atoms with Crippen LogP contribution < -0.4 is 10.1 Å². The molecule has 0 radical (unpaired) electrons. The molecule has 1 N–H and O–H groups in total. The fraction of sp³-hybridized carbons (Fsp3) is 0.533. The first-order valence-electron chi connectivity index (χ1n) is 7.28. The van der Waals surface area contributed by atoms with Crippen LogP contribution in [0.3, 0.4) is 0 Å². The quantitative estimate of drug-likeness (QED) is 0.805. The number of benzene rings is 1. The van der Waals surface area contributed by atoms with E-state index in [4.69, 9.17) is 9.47 Å². The normalized spacial score (nSPS) is 22.0. The summed E-state index contributed by atoms with van der Waals surface area (Å²) in [5, 5.41) is 2.59. The summed E-state index contributed by atoms with van der Waals surface area (Å²) in [4.78, 5) is 12.2. The Hall–Kier alpha value is -1.64. The number of carbonyl (C=O) groups excluding carboxylic acids is 1.